The van der Waals surface area contributed by atoms with Gasteiger partial charge >= 0.3 is 0 Å². The second kappa shape index (κ2) is 10.5. The van der Waals surface area contributed by atoms with Gasteiger partial charge in [-0.3, -0.25) is 9.59 Å². The van der Waals surface area contributed by atoms with E-state index in [0.717, 1.165) is 11.1 Å². The minimum atomic E-state index is -0.290. The maximum absolute atomic E-state index is 12.5. The zero-order valence-corrected chi connectivity index (χ0v) is 17.7. The van der Waals surface area contributed by atoms with E-state index in [2.05, 4.69) is 5.32 Å². The molecule has 0 saturated carbocycles. The van der Waals surface area contributed by atoms with Crippen LogP contribution in [0.1, 0.15) is 18.1 Å². The Morgan fingerprint density at radius 1 is 1.10 bits per heavy atom. The molecule has 2 aromatic rings. The number of anilines is 1. The van der Waals surface area contributed by atoms with Gasteiger partial charge in [-0.1, -0.05) is 17.7 Å². The summed E-state index contributed by atoms with van der Waals surface area (Å²) in [5.41, 5.74) is 2.28. The van der Waals surface area contributed by atoms with Gasteiger partial charge in [0.15, 0.2) is 0 Å². The quantitative estimate of drug-likeness (QED) is 0.656. The van der Waals surface area contributed by atoms with E-state index in [-0.39, 0.29) is 18.4 Å². The van der Waals surface area contributed by atoms with Crippen molar-refractivity contribution in [2.75, 3.05) is 32.6 Å². The molecule has 2 amide bonds. The van der Waals surface area contributed by atoms with Crippen LogP contribution in [0, 0.1) is 6.92 Å². The van der Waals surface area contributed by atoms with Crippen molar-refractivity contribution in [3.8, 4) is 11.5 Å². The molecule has 154 valence electrons. The van der Waals surface area contributed by atoms with Crippen LogP contribution < -0.4 is 14.8 Å². The van der Waals surface area contributed by atoms with Crippen molar-refractivity contribution in [1.29, 1.82) is 0 Å². The van der Waals surface area contributed by atoms with Crippen LogP contribution in [0.5, 0.6) is 11.5 Å². The number of hydrogen-bond donors (Lipinski definition) is 1. The lowest BCUT2D eigenvalue weighted by Crippen LogP contribution is -2.37. The molecule has 7 heteroatoms. The Bertz CT molecular complexity index is 889. The molecule has 2 rings (SSSR count). The monoisotopic (exact) mass is 416 g/mol. The Morgan fingerprint density at radius 2 is 1.76 bits per heavy atom. The fourth-order valence-corrected chi connectivity index (χ4v) is 2.81. The number of methoxy groups -OCH3 is 2. The van der Waals surface area contributed by atoms with Crippen LogP contribution >= 0.6 is 11.6 Å². The smallest absolute Gasteiger partial charge is 0.247 e. The zero-order valence-electron chi connectivity index (χ0n) is 17.0. The van der Waals surface area contributed by atoms with Crippen LogP contribution in [-0.2, 0) is 9.59 Å². The molecule has 2 aromatic carbocycles. The maximum atomic E-state index is 12.5. The van der Waals surface area contributed by atoms with Crippen LogP contribution in [0.15, 0.2) is 42.5 Å². The highest BCUT2D eigenvalue weighted by Crippen LogP contribution is 2.23. The van der Waals surface area contributed by atoms with Crippen molar-refractivity contribution in [2.45, 2.75) is 13.8 Å². The van der Waals surface area contributed by atoms with Gasteiger partial charge in [-0.05, 0) is 55.3 Å². The summed E-state index contributed by atoms with van der Waals surface area (Å²) in [6.07, 6.45) is 3.09. The van der Waals surface area contributed by atoms with Gasteiger partial charge in [-0.25, -0.2) is 0 Å². The summed E-state index contributed by atoms with van der Waals surface area (Å²) >= 11 is 5.98. The molecular weight excluding hydrogens is 392 g/mol. The molecule has 0 unspecified atom stereocenters. The van der Waals surface area contributed by atoms with Crippen molar-refractivity contribution in [1.82, 2.24) is 4.90 Å². The Kier molecular flexibility index (Phi) is 8.09. The van der Waals surface area contributed by atoms with Crippen LogP contribution in [-0.4, -0.2) is 44.0 Å². The second-order valence-electron chi connectivity index (χ2n) is 6.34. The minimum Gasteiger partial charge on any atom is -0.497 e. The predicted octanol–water partition coefficient (Wildman–Crippen LogP) is 4.17. The molecule has 0 atom stereocenters. The first-order valence-electron chi connectivity index (χ1n) is 9.12. The number of carbonyl (C=O) groups excluding carboxylic acids is 2. The Hall–Kier alpha value is -2.99. The van der Waals surface area contributed by atoms with Crippen LogP contribution in [0.3, 0.4) is 0 Å². The van der Waals surface area contributed by atoms with E-state index in [1.54, 1.807) is 50.6 Å². The number of hydrogen-bond acceptors (Lipinski definition) is 4. The molecule has 0 saturated heterocycles. The zero-order chi connectivity index (χ0) is 21.4. The number of rotatable bonds is 8. The van der Waals surface area contributed by atoms with E-state index >= 15 is 0 Å². The molecule has 0 bridgehead atoms. The first-order chi connectivity index (χ1) is 13.9. The molecule has 0 aliphatic carbocycles. The van der Waals surface area contributed by atoms with Crippen molar-refractivity contribution in [2.24, 2.45) is 0 Å². The number of ether oxygens (including phenoxy) is 2. The lowest BCUT2D eigenvalue weighted by atomic mass is 10.2. The Morgan fingerprint density at radius 3 is 2.34 bits per heavy atom. The van der Waals surface area contributed by atoms with Crippen LogP contribution in [0.2, 0.25) is 5.02 Å². The highest BCUT2D eigenvalue weighted by Gasteiger charge is 2.14. The van der Waals surface area contributed by atoms with E-state index in [1.807, 2.05) is 19.9 Å². The van der Waals surface area contributed by atoms with Crippen LogP contribution in [0.4, 0.5) is 5.69 Å². The summed E-state index contributed by atoms with van der Waals surface area (Å²) in [7, 11) is 3.12. The van der Waals surface area contributed by atoms with E-state index in [1.165, 1.54) is 11.0 Å². The predicted molar refractivity (Wildman–Crippen MR) is 116 cm³/mol. The van der Waals surface area contributed by atoms with E-state index in [0.29, 0.717) is 28.8 Å². The van der Waals surface area contributed by atoms with Gasteiger partial charge in [-0.2, -0.15) is 0 Å². The summed E-state index contributed by atoms with van der Waals surface area (Å²) in [6.45, 7) is 4.03. The summed E-state index contributed by atoms with van der Waals surface area (Å²) in [4.78, 5) is 26.4. The third kappa shape index (κ3) is 6.54. The molecule has 0 aliphatic heterocycles. The van der Waals surface area contributed by atoms with Gasteiger partial charge in [0.05, 0.1) is 14.2 Å². The molecule has 6 nitrogen and oxygen atoms in total. The summed E-state index contributed by atoms with van der Waals surface area (Å²) in [6, 6.07) is 10.6. The summed E-state index contributed by atoms with van der Waals surface area (Å²) < 4.78 is 10.5. The molecule has 29 heavy (non-hydrogen) atoms. The molecule has 0 spiro atoms. The van der Waals surface area contributed by atoms with E-state index < -0.39 is 0 Å². The molecule has 0 aliphatic rings. The first kappa shape index (κ1) is 22.3. The van der Waals surface area contributed by atoms with Crippen molar-refractivity contribution < 1.29 is 19.1 Å². The lowest BCUT2D eigenvalue weighted by Gasteiger charge is -2.19. The molecule has 0 heterocycles. The average molecular weight is 417 g/mol. The molecule has 1 N–H and O–H groups in total. The fraction of sp³-hybridized carbons (Fsp3) is 0.273. The number of likely N-dealkylation sites (N-methyl/N-ethyl adjacent to an activating group) is 1. The van der Waals surface area contributed by atoms with Gasteiger partial charge in [-0.15, -0.1) is 0 Å². The largest absolute Gasteiger partial charge is 0.497 e. The summed E-state index contributed by atoms with van der Waals surface area (Å²) in [5, 5.41) is 3.33. The maximum Gasteiger partial charge on any atom is 0.247 e. The van der Waals surface area contributed by atoms with Gasteiger partial charge < -0.3 is 19.7 Å². The first-order valence-corrected chi connectivity index (χ1v) is 9.50. The van der Waals surface area contributed by atoms with Gasteiger partial charge in [0.2, 0.25) is 11.8 Å². The highest BCUT2D eigenvalue weighted by atomic mass is 35.5. The van der Waals surface area contributed by atoms with Gasteiger partial charge in [0, 0.05) is 29.4 Å². The number of amides is 2. The molecule has 0 aromatic heterocycles. The van der Waals surface area contributed by atoms with Gasteiger partial charge in [0.25, 0.3) is 0 Å². The topological polar surface area (TPSA) is 67.9 Å². The average Bonchev–Trinajstić information content (AvgIpc) is 2.72. The van der Waals surface area contributed by atoms with E-state index in [4.69, 9.17) is 21.1 Å². The third-order valence-electron chi connectivity index (χ3n) is 4.29. The number of aryl methyl sites for hydroxylation is 1. The second-order valence-corrected chi connectivity index (χ2v) is 6.78. The highest BCUT2D eigenvalue weighted by molar-refractivity contribution is 6.31. The SMILES string of the molecule is CCN(CC(=O)Nc1cc(Cl)ccc1C)C(=O)C=Cc1cc(OC)cc(OC)c1. The standard InChI is InChI=1S/C22H25ClN2O4/c1-5-25(14-21(26)24-20-12-17(23)8-6-15(20)2)22(27)9-7-16-10-18(28-3)13-19(11-16)29-4/h6-13H,5,14H2,1-4H3,(H,24,26). The third-order valence-corrected chi connectivity index (χ3v) is 4.53. The van der Waals surface area contributed by atoms with Gasteiger partial charge in [0.1, 0.15) is 18.0 Å². The summed E-state index contributed by atoms with van der Waals surface area (Å²) in [5.74, 6) is 0.689. The Labute approximate surface area is 176 Å². The number of benzene rings is 2. The molecule has 0 radical (unpaired) electrons. The van der Waals surface area contributed by atoms with Crippen molar-refractivity contribution >= 4 is 35.2 Å². The lowest BCUT2D eigenvalue weighted by molar-refractivity contribution is -0.130. The number of carbonyl (C=O) groups is 2. The molecular formula is C22H25ClN2O4. The van der Waals surface area contributed by atoms with E-state index in [9.17, 15) is 9.59 Å². The van der Waals surface area contributed by atoms with Crippen molar-refractivity contribution in [3.05, 3.63) is 58.6 Å². The van der Waals surface area contributed by atoms with Crippen molar-refractivity contribution in [3.63, 3.8) is 0 Å². The van der Waals surface area contributed by atoms with Crippen LogP contribution in [0.25, 0.3) is 6.08 Å². The number of nitrogens with one attached hydrogen (secondary N) is 1. The minimum absolute atomic E-state index is 0.0624. The Balaban J connectivity index is 2.05. The molecule has 0 fully saturated rings. The number of halogens is 1. The number of nitrogens with zero attached hydrogens (tertiary/aromatic N) is 1. The fourth-order valence-electron chi connectivity index (χ4n) is 2.64. The normalized spacial score (nSPS) is 10.7.